The molecule has 0 aliphatic carbocycles. The van der Waals surface area contributed by atoms with Gasteiger partial charge in [-0.05, 0) is 12.1 Å². The van der Waals surface area contributed by atoms with Crippen molar-refractivity contribution in [3.05, 3.63) is 24.3 Å². The van der Waals surface area contributed by atoms with E-state index in [2.05, 4.69) is 26.4 Å². The molecule has 0 saturated carbocycles. The Balaban J connectivity index is 2.26. The van der Waals surface area contributed by atoms with Crippen molar-refractivity contribution in [1.82, 2.24) is 15.2 Å². The monoisotopic (exact) mass is 242 g/mol. The van der Waals surface area contributed by atoms with E-state index >= 15 is 0 Å². The first-order valence-corrected chi connectivity index (χ1v) is 5.23. The number of carboxylic acid groups (broad SMARTS) is 1. The molecule has 0 bridgehead atoms. The standard InChI is InChI=1S/C12H10N4O2/c1-2-5-10(11(17)18)14-12-13-8-6-3-4-7-9(8)15-16-12/h1,3-4,6-7,10H,5H2,(H,17,18)(H,13,14,16). The van der Waals surface area contributed by atoms with Crippen molar-refractivity contribution in [2.45, 2.75) is 12.5 Å². The topological polar surface area (TPSA) is 88.0 Å². The molecular formula is C12H10N4O2. The zero-order valence-electron chi connectivity index (χ0n) is 9.37. The van der Waals surface area contributed by atoms with Gasteiger partial charge in [-0.25, -0.2) is 9.78 Å². The number of nitrogens with one attached hydrogen (secondary N) is 1. The van der Waals surface area contributed by atoms with Crippen LogP contribution in [0, 0.1) is 12.3 Å². The summed E-state index contributed by atoms with van der Waals surface area (Å²) in [6.07, 6.45) is 5.15. The molecule has 2 rings (SSSR count). The molecule has 1 unspecified atom stereocenters. The fraction of sp³-hybridized carbons (Fsp3) is 0.167. The van der Waals surface area contributed by atoms with Crippen molar-refractivity contribution in [2.75, 3.05) is 5.32 Å². The Hall–Kier alpha value is -2.68. The highest BCUT2D eigenvalue weighted by atomic mass is 16.4. The van der Waals surface area contributed by atoms with Gasteiger partial charge in [0.05, 0.1) is 5.52 Å². The van der Waals surface area contributed by atoms with E-state index in [4.69, 9.17) is 11.5 Å². The van der Waals surface area contributed by atoms with E-state index in [-0.39, 0.29) is 12.4 Å². The normalized spacial score (nSPS) is 11.7. The average Bonchev–Trinajstić information content (AvgIpc) is 2.38. The van der Waals surface area contributed by atoms with Crippen LogP contribution in [0.2, 0.25) is 0 Å². The molecule has 0 amide bonds. The van der Waals surface area contributed by atoms with Crippen molar-refractivity contribution < 1.29 is 9.90 Å². The average molecular weight is 242 g/mol. The molecule has 1 aromatic heterocycles. The summed E-state index contributed by atoms with van der Waals surface area (Å²) in [5, 5.41) is 19.3. The largest absolute Gasteiger partial charge is 0.480 e. The quantitative estimate of drug-likeness (QED) is 0.775. The Kier molecular flexibility index (Phi) is 3.34. The summed E-state index contributed by atoms with van der Waals surface area (Å²) < 4.78 is 0. The minimum atomic E-state index is -1.05. The van der Waals surface area contributed by atoms with Crippen LogP contribution < -0.4 is 5.32 Å². The van der Waals surface area contributed by atoms with Crippen molar-refractivity contribution in [2.24, 2.45) is 0 Å². The van der Waals surface area contributed by atoms with Crippen LogP contribution in [0.3, 0.4) is 0 Å². The van der Waals surface area contributed by atoms with E-state index in [1.54, 1.807) is 12.1 Å². The third kappa shape index (κ3) is 2.52. The zero-order valence-corrected chi connectivity index (χ0v) is 9.37. The van der Waals surface area contributed by atoms with E-state index < -0.39 is 12.0 Å². The van der Waals surface area contributed by atoms with Crippen molar-refractivity contribution >= 4 is 23.0 Å². The molecule has 0 fully saturated rings. The first kappa shape index (κ1) is 11.8. The van der Waals surface area contributed by atoms with E-state index in [0.717, 1.165) is 0 Å². The fourth-order valence-corrected chi connectivity index (χ4v) is 1.42. The molecule has 0 aliphatic rings. The lowest BCUT2D eigenvalue weighted by atomic mass is 10.2. The summed E-state index contributed by atoms with van der Waals surface area (Å²) in [5.41, 5.74) is 1.28. The van der Waals surface area contributed by atoms with Crippen LogP contribution in [0.5, 0.6) is 0 Å². The molecule has 6 nitrogen and oxygen atoms in total. The highest BCUT2D eigenvalue weighted by Gasteiger charge is 2.17. The lowest BCUT2D eigenvalue weighted by Gasteiger charge is -2.10. The maximum atomic E-state index is 10.9. The summed E-state index contributed by atoms with van der Waals surface area (Å²) >= 11 is 0. The lowest BCUT2D eigenvalue weighted by Crippen LogP contribution is -2.29. The molecule has 1 heterocycles. The van der Waals surface area contributed by atoms with E-state index in [1.807, 2.05) is 12.1 Å². The number of benzene rings is 1. The molecule has 0 spiro atoms. The van der Waals surface area contributed by atoms with Gasteiger partial charge in [0.15, 0.2) is 0 Å². The summed E-state index contributed by atoms with van der Waals surface area (Å²) in [5.74, 6) is 1.39. The number of aliphatic carboxylic acids is 1. The second kappa shape index (κ2) is 5.10. The second-order valence-corrected chi connectivity index (χ2v) is 3.57. The number of para-hydroxylation sites is 1. The highest BCUT2D eigenvalue weighted by molar-refractivity contribution is 5.78. The number of terminal acetylenes is 1. The summed E-state index contributed by atoms with van der Waals surface area (Å²) in [7, 11) is 0. The zero-order chi connectivity index (χ0) is 13.0. The van der Waals surface area contributed by atoms with Gasteiger partial charge in [-0.1, -0.05) is 12.1 Å². The number of carbonyl (C=O) groups is 1. The highest BCUT2D eigenvalue weighted by Crippen LogP contribution is 2.10. The Morgan fingerprint density at radius 2 is 2.11 bits per heavy atom. The molecule has 2 aromatic rings. The molecular weight excluding hydrogens is 232 g/mol. The summed E-state index contributed by atoms with van der Waals surface area (Å²) in [6, 6.07) is 6.26. The third-order valence-corrected chi connectivity index (χ3v) is 2.28. The lowest BCUT2D eigenvalue weighted by molar-refractivity contribution is -0.137. The summed E-state index contributed by atoms with van der Waals surface area (Å²) in [4.78, 5) is 15.1. The Morgan fingerprint density at radius 1 is 1.39 bits per heavy atom. The van der Waals surface area contributed by atoms with Gasteiger partial charge < -0.3 is 10.4 Å². The predicted octanol–water partition coefficient (Wildman–Crippen LogP) is 0.913. The SMILES string of the molecule is C#CCC(Nc1nnc2ccccc2n1)C(=O)O. The van der Waals surface area contributed by atoms with Crippen LogP contribution in [-0.4, -0.2) is 32.3 Å². The summed E-state index contributed by atoms with van der Waals surface area (Å²) in [6.45, 7) is 0. The van der Waals surface area contributed by atoms with Crippen LogP contribution in [0.25, 0.3) is 11.0 Å². The van der Waals surface area contributed by atoms with Gasteiger partial charge in [-0.3, -0.25) is 0 Å². The first-order valence-electron chi connectivity index (χ1n) is 5.23. The van der Waals surface area contributed by atoms with Crippen molar-refractivity contribution in [3.8, 4) is 12.3 Å². The van der Waals surface area contributed by atoms with E-state index in [0.29, 0.717) is 11.0 Å². The predicted molar refractivity (Wildman–Crippen MR) is 65.8 cm³/mol. The Labute approximate surface area is 103 Å². The minimum absolute atomic E-state index is 0.0471. The third-order valence-electron chi connectivity index (χ3n) is 2.28. The molecule has 0 aliphatic heterocycles. The number of aromatic nitrogens is 3. The number of rotatable bonds is 4. The number of nitrogens with zero attached hydrogens (tertiary/aromatic N) is 3. The minimum Gasteiger partial charge on any atom is -0.480 e. The van der Waals surface area contributed by atoms with Crippen molar-refractivity contribution in [3.63, 3.8) is 0 Å². The van der Waals surface area contributed by atoms with Gasteiger partial charge in [-0.15, -0.1) is 22.5 Å². The molecule has 90 valence electrons. The molecule has 1 atom stereocenters. The first-order chi connectivity index (χ1) is 8.70. The number of hydrogen-bond donors (Lipinski definition) is 2. The van der Waals surface area contributed by atoms with Crippen LogP contribution in [0.15, 0.2) is 24.3 Å². The van der Waals surface area contributed by atoms with Crippen LogP contribution >= 0.6 is 0 Å². The molecule has 1 aromatic carbocycles. The maximum absolute atomic E-state index is 10.9. The van der Waals surface area contributed by atoms with Crippen LogP contribution in [0.4, 0.5) is 5.95 Å². The number of anilines is 1. The van der Waals surface area contributed by atoms with Crippen LogP contribution in [0.1, 0.15) is 6.42 Å². The van der Waals surface area contributed by atoms with Crippen molar-refractivity contribution in [1.29, 1.82) is 0 Å². The Morgan fingerprint density at radius 3 is 2.78 bits per heavy atom. The Bertz CT molecular complexity index is 621. The fourth-order valence-electron chi connectivity index (χ4n) is 1.42. The van der Waals surface area contributed by atoms with Gasteiger partial charge in [0.1, 0.15) is 11.6 Å². The van der Waals surface area contributed by atoms with E-state index in [9.17, 15) is 4.79 Å². The van der Waals surface area contributed by atoms with Gasteiger partial charge in [0.2, 0.25) is 5.95 Å². The molecule has 6 heteroatoms. The van der Waals surface area contributed by atoms with Gasteiger partial charge >= 0.3 is 5.97 Å². The van der Waals surface area contributed by atoms with E-state index in [1.165, 1.54) is 0 Å². The molecule has 18 heavy (non-hydrogen) atoms. The number of hydrogen-bond acceptors (Lipinski definition) is 5. The van der Waals surface area contributed by atoms with Gasteiger partial charge in [0, 0.05) is 6.42 Å². The van der Waals surface area contributed by atoms with Gasteiger partial charge in [-0.2, -0.15) is 0 Å². The molecule has 0 radical (unpaired) electrons. The second-order valence-electron chi connectivity index (χ2n) is 3.57. The molecule has 2 N–H and O–H groups in total. The van der Waals surface area contributed by atoms with Crippen LogP contribution in [-0.2, 0) is 4.79 Å². The number of carboxylic acids is 1. The maximum Gasteiger partial charge on any atom is 0.327 e. The van der Waals surface area contributed by atoms with Gasteiger partial charge in [0.25, 0.3) is 0 Å². The molecule has 0 saturated heterocycles. The smallest absolute Gasteiger partial charge is 0.327 e. The number of fused-ring (bicyclic) bond motifs is 1.